The molecule has 8 heteroatoms. The van der Waals surface area contributed by atoms with E-state index in [4.69, 9.17) is 9.47 Å². The first-order chi connectivity index (χ1) is 15.7. The van der Waals surface area contributed by atoms with E-state index in [0.717, 1.165) is 11.1 Å². The molecule has 0 aliphatic carbocycles. The summed E-state index contributed by atoms with van der Waals surface area (Å²) < 4.78 is 37.7. The van der Waals surface area contributed by atoms with Gasteiger partial charge in [-0.25, -0.2) is 8.42 Å². The zero-order valence-electron chi connectivity index (χ0n) is 19.3. The lowest BCUT2D eigenvalue weighted by molar-refractivity contribution is 0.0939. The van der Waals surface area contributed by atoms with Crippen LogP contribution >= 0.6 is 0 Å². The maximum absolute atomic E-state index is 12.9. The van der Waals surface area contributed by atoms with Gasteiger partial charge in [0.25, 0.3) is 15.9 Å². The van der Waals surface area contributed by atoms with Gasteiger partial charge in [-0.05, 0) is 68.4 Å². The van der Waals surface area contributed by atoms with E-state index in [0.29, 0.717) is 22.7 Å². The molecule has 0 spiro atoms. The highest BCUT2D eigenvalue weighted by Gasteiger charge is 2.22. The molecule has 3 aromatic carbocycles. The van der Waals surface area contributed by atoms with Gasteiger partial charge in [-0.2, -0.15) is 0 Å². The fourth-order valence-electron chi connectivity index (χ4n) is 3.37. The number of carbonyl (C=O) groups is 1. The van der Waals surface area contributed by atoms with Crippen molar-refractivity contribution >= 4 is 21.6 Å². The Morgan fingerprint density at radius 1 is 0.939 bits per heavy atom. The summed E-state index contributed by atoms with van der Waals surface area (Å²) in [4.78, 5) is 13.0. The number of nitrogens with one attached hydrogen (secondary N) is 1. The third-order valence-corrected chi connectivity index (χ3v) is 7.22. The van der Waals surface area contributed by atoms with Crippen LogP contribution in [0.1, 0.15) is 34.5 Å². The lowest BCUT2D eigenvalue weighted by Crippen LogP contribution is -2.28. The quantitative estimate of drug-likeness (QED) is 0.532. The molecule has 7 nitrogen and oxygen atoms in total. The number of hydrogen-bond donors (Lipinski definition) is 1. The van der Waals surface area contributed by atoms with Crippen LogP contribution in [0, 0.1) is 6.92 Å². The van der Waals surface area contributed by atoms with Crippen molar-refractivity contribution in [1.29, 1.82) is 0 Å². The van der Waals surface area contributed by atoms with E-state index in [9.17, 15) is 13.2 Å². The fourth-order valence-corrected chi connectivity index (χ4v) is 4.56. The van der Waals surface area contributed by atoms with Crippen LogP contribution in [0.15, 0.2) is 71.6 Å². The highest BCUT2D eigenvalue weighted by atomic mass is 32.2. The molecule has 3 rings (SSSR count). The summed E-state index contributed by atoms with van der Waals surface area (Å²) in [5.41, 5.74) is 2.63. The predicted octanol–water partition coefficient (Wildman–Crippen LogP) is 4.33. The van der Waals surface area contributed by atoms with Gasteiger partial charge in [-0.3, -0.25) is 9.10 Å². The van der Waals surface area contributed by atoms with Gasteiger partial charge in [0, 0.05) is 18.2 Å². The molecule has 1 amide bonds. The predicted molar refractivity (Wildman–Crippen MR) is 129 cm³/mol. The monoisotopic (exact) mass is 468 g/mol. The first-order valence-corrected chi connectivity index (χ1v) is 11.8. The topological polar surface area (TPSA) is 84.9 Å². The summed E-state index contributed by atoms with van der Waals surface area (Å²) in [6.45, 7) is 3.75. The van der Waals surface area contributed by atoms with E-state index in [2.05, 4.69) is 5.32 Å². The smallest absolute Gasteiger partial charge is 0.264 e. The highest BCUT2D eigenvalue weighted by Crippen LogP contribution is 2.29. The van der Waals surface area contributed by atoms with Gasteiger partial charge in [0.2, 0.25) is 0 Å². The number of aryl methyl sites for hydroxylation is 1. The van der Waals surface area contributed by atoms with Crippen molar-refractivity contribution in [3.63, 3.8) is 0 Å². The summed E-state index contributed by atoms with van der Waals surface area (Å²) in [5.74, 6) is 1.01. The van der Waals surface area contributed by atoms with E-state index < -0.39 is 10.0 Å². The Morgan fingerprint density at radius 2 is 1.58 bits per heavy atom. The normalized spacial score (nSPS) is 12.0. The van der Waals surface area contributed by atoms with Gasteiger partial charge in [0.05, 0.1) is 30.8 Å². The van der Waals surface area contributed by atoms with Crippen LogP contribution in [-0.4, -0.2) is 35.6 Å². The lowest BCUT2D eigenvalue weighted by atomic mass is 10.1. The van der Waals surface area contributed by atoms with Gasteiger partial charge in [-0.15, -0.1) is 0 Å². The van der Waals surface area contributed by atoms with Crippen LogP contribution in [0.3, 0.4) is 0 Å². The molecule has 3 aromatic rings. The number of carbonyl (C=O) groups excluding carboxylic acids is 1. The second-order valence-corrected chi connectivity index (χ2v) is 9.60. The third kappa shape index (κ3) is 5.28. The van der Waals surface area contributed by atoms with Crippen LogP contribution < -0.4 is 19.1 Å². The number of ether oxygens (including phenoxy) is 2. The number of amides is 1. The summed E-state index contributed by atoms with van der Waals surface area (Å²) in [6, 6.07) is 18.1. The fraction of sp³-hybridized carbons (Fsp3) is 0.240. The summed E-state index contributed by atoms with van der Waals surface area (Å²) >= 11 is 0. The maximum Gasteiger partial charge on any atom is 0.264 e. The number of benzene rings is 3. The SMILES string of the molecule is COc1ccc(OC)c(C(C)NC(=O)c2ccc(N(C)S(=O)(=O)c3ccc(C)cc3)cc2)c1. The van der Waals surface area contributed by atoms with E-state index in [-0.39, 0.29) is 16.8 Å². The average molecular weight is 469 g/mol. The summed E-state index contributed by atoms with van der Waals surface area (Å²) in [7, 11) is 0.928. The van der Waals surface area contributed by atoms with Crippen molar-refractivity contribution in [2.24, 2.45) is 0 Å². The molecule has 1 atom stereocenters. The Labute approximate surface area is 195 Å². The minimum Gasteiger partial charge on any atom is -0.497 e. The zero-order valence-corrected chi connectivity index (χ0v) is 20.1. The number of anilines is 1. The van der Waals surface area contributed by atoms with Crippen LogP contribution in [0.25, 0.3) is 0 Å². The standard InChI is InChI=1S/C25H28N2O5S/c1-17-6-13-22(14-7-17)33(29,30)27(3)20-10-8-19(9-11-20)25(28)26-18(2)23-16-21(31-4)12-15-24(23)32-5/h6-16,18H,1-5H3,(H,26,28). The summed E-state index contributed by atoms with van der Waals surface area (Å²) in [6.07, 6.45) is 0. The van der Waals surface area contributed by atoms with Gasteiger partial charge in [-0.1, -0.05) is 17.7 Å². The minimum absolute atomic E-state index is 0.207. The van der Waals surface area contributed by atoms with Crippen molar-refractivity contribution in [2.45, 2.75) is 24.8 Å². The van der Waals surface area contributed by atoms with Crippen LogP contribution in [0.2, 0.25) is 0 Å². The molecule has 1 N–H and O–H groups in total. The summed E-state index contributed by atoms with van der Waals surface area (Å²) in [5, 5.41) is 2.94. The number of methoxy groups -OCH3 is 2. The Balaban J connectivity index is 1.76. The molecule has 0 aromatic heterocycles. The number of nitrogens with zero attached hydrogens (tertiary/aromatic N) is 1. The molecule has 174 valence electrons. The Bertz CT molecular complexity index is 1220. The zero-order chi connectivity index (χ0) is 24.2. The third-order valence-electron chi connectivity index (χ3n) is 5.42. The van der Waals surface area contributed by atoms with Crippen LogP contribution in [-0.2, 0) is 10.0 Å². The average Bonchev–Trinajstić information content (AvgIpc) is 2.83. The molecule has 0 aliphatic rings. The van der Waals surface area contributed by atoms with Gasteiger partial charge in [0.1, 0.15) is 11.5 Å². The molecule has 33 heavy (non-hydrogen) atoms. The van der Waals surface area contributed by atoms with Crippen molar-refractivity contribution in [1.82, 2.24) is 5.32 Å². The molecule has 1 unspecified atom stereocenters. The first kappa shape index (κ1) is 24.1. The largest absolute Gasteiger partial charge is 0.497 e. The van der Waals surface area contributed by atoms with E-state index in [1.807, 2.05) is 19.9 Å². The Morgan fingerprint density at radius 3 is 2.15 bits per heavy atom. The van der Waals surface area contributed by atoms with E-state index >= 15 is 0 Å². The molecule has 0 heterocycles. The van der Waals surface area contributed by atoms with Gasteiger partial charge in [0.15, 0.2) is 0 Å². The number of rotatable bonds is 8. The lowest BCUT2D eigenvalue weighted by Gasteiger charge is -2.20. The number of sulfonamides is 1. The highest BCUT2D eigenvalue weighted by molar-refractivity contribution is 7.92. The molecular weight excluding hydrogens is 440 g/mol. The Kier molecular flexibility index (Phi) is 7.28. The van der Waals surface area contributed by atoms with Gasteiger partial charge < -0.3 is 14.8 Å². The van der Waals surface area contributed by atoms with Crippen molar-refractivity contribution in [3.05, 3.63) is 83.4 Å². The van der Waals surface area contributed by atoms with Crippen molar-refractivity contribution in [2.75, 3.05) is 25.6 Å². The van der Waals surface area contributed by atoms with Crippen LogP contribution in [0.5, 0.6) is 11.5 Å². The second kappa shape index (κ2) is 9.95. The van der Waals surface area contributed by atoms with Crippen molar-refractivity contribution in [3.8, 4) is 11.5 Å². The molecule has 0 saturated carbocycles. The van der Waals surface area contributed by atoms with Gasteiger partial charge >= 0.3 is 0 Å². The molecular formula is C25H28N2O5S. The number of hydrogen-bond acceptors (Lipinski definition) is 5. The molecule has 0 fully saturated rings. The molecule has 0 saturated heterocycles. The van der Waals surface area contributed by atoms with Crippen molar-refractivity contribution < 1.29 is 22.7 Å². The molecule has 0 radical (unpaired) electrons. The Hall–Kier alpha value is -3.52. The first-order valence-electron chi connectivity index (χ1n) is 10.4. The minimum atomic E-state index is -3.70. The second-order valence-electron chi connectivity index (χ2n) is 7.64. The van der Waals surface area contributed by atoms with E-state index in [1.54, 1.807) is 74.9 Å². The molecule has 0 bridgehead atoms. The molecule has 0 aliphatic heterocycles. The van der Waals surface area contributed by atoms with E-state index in [1.165, 1.54) is 11.4 Å². The van der Waals surface area contributed by atoms with Crippen LogP contribution in [0.4, 0.5) is 5.69 Å². The maximum atomic E-state index is 12.9.